The number of carbonyl (C=O) groups is 3. The SMILES string of the molecule is CNC1C(=O)Nc2cc(C)ccc2OC1C.COC(C=O)C(=O)NCC(F)(F)C(F)(F)F. The number of benzene rings is 1. The molecule has 1 heterocycles. The lowest BCUT2D eigenvalue weighted by Crippen LogP contribution is -2.49. The third-order valence-electron chi connectivity index (χ3n) is 4.30. The molecule has 3 unspecified atom stereocenters. The average molecular weight is 469 g/mol. The van der Waals surface area contributed by atoms with Crippen molar-refractivity contribution in [2.75, 3.05) is 26.0 Å². The summed E-state index contributed by atoms with van der Waals surface area (Å²) in [6, 6.07) is 5.45. The number of amides is 2. The van der Waals surface area contributed by atoms with Crippen LogP contribution in [0.4, 0.5) is 27.6 Å². The number of nitrogens with one attached hydrogen (secondary N) is 3. The number of aldehydes is 1. The quantitative estimate of drug-likeness (QED) is 0.334. The summed E-state index contributed by atoms with van der Waals surface area (Å²) in [6.45, 7) is 1.93. The number of aryl methyl sites for hydroxylation is 1. The van der Waals surface area contributed by atoms with Gasteiger partial charge in [-0.1, -0.05) is 6.07 Å². The maximum Gasteiger partial charge on any atom is 0.455 e. The van der Waals surface area contributed by atoms with Gasteiger partial charge in [-0.25, -0.2) is 0 Å². The Morgan fingerprint density at radius 1 is 1.31 bits per heavy atom. The standard InChI is InChI=1S/C12H16N2O2.C7H8F5NO3/c1-7-4-5-10-9(6-7)14-12(15)11(13-3)8(2)16-10;1-16-4(2-14)5(15)13-3-6(8,9)7(10,11)12/h4-6,8,11,13H,1-3H3,(H,14,15);2,4H,3H2,1H3,(H,13,15). The number of anilines is 1. The fourth-order valence-corrected chi connectivity index (χ4v) is 2.53. The van der Waals surface area contributed by atoms with E-state index < -0.39 is 30.7 Å². The van der Waals surface area contributed by atoms with Crippen LogP contribution in [0.2, 0.25) is 0 Å². The number of rotatable bonds is 6. The highest BCUT2D eigenvalue weighted by Crippen LogP contribution is 2.34. The first kappa shape index (κ1) is 27.2. The van der Waals surface area contributed by atoms with Crippen LogP contribution in [0.1, 0.15) is 12.5 Å². The molecule has 0 fully saturated rings. The van der Waals surface area contributed by atoms with Crippen LogP contribution >= 0.6 is 0 Å². The van der Waals surface area contributed by atoms with Crippen LogP contribution in [0.3, 0.4) is 0 Å². The van der Waals surface area contributed by atoms with Gasteiger partial charge in [0.25, 0.3) is 5.91 Å². The van der Waals surface area contributed by atoms with Crippen LogP contribution in [0, 0.1) is 6.92 Å². The van der Waals surface area contributed by atoms with E-state index in [1.807, 2.05) is 32.0 Å². The third-order valence-corrected chi connectivity index (χ3v) is 4.30. The van der Waals surface area contributed by atoms with Crippen LogP contribution in [0.25, 0.3) is 0 Å². The van der Waals surface area contributed by atoms with Crippen LogP contribution in [0.5, 0.6) is 5.75 Å². The van der Waals surface area contributed by atoms with Crippen molar-refractivity contribution in [1.29, 1.82) is 0 Å². The molecular formula is C19H24F5N3O5. The van der Waals surface area contributed by atoms with E-state index in [0.29, 0.717) is 0 Å². The Morgan fingerprint density at radius 3 is 2.44 bits per heavy atom. The fraction of sp³-hybridized carbons (Fsp3) is 0.526. The predicted octanol–water partition coefficient (Wildman–Crippen LogP) is 1.82. The smallest absolute Gasteiger partial charge is 0.455 e. The Labute approximate surface area is 180 Å². The van der Waals surface area contributed by atoms with Gasteiger partial charge in [0.2, 0.25) is 5.91 Å². The molecule has 2 rings (SSSR count). The number of carbonyl (C=O) groups excluding carboxylic acids is 3. The maximum absolute atomic E-state index is 12.3. The molecule has 0 spiro atoms. The summed E-state index contributed by atoms with van der Waals surface area (Å²) >= 11 is 0. The van der Waals surface area contributed by atoms with Gasteiger partial charge in [0.15, 0.2) is 12.4 Å². The van der Waals surface area contributed by atoms with E-state index in [0.717, 1.165) is 24.1 Å². The van der Waals surface area contributed by atoms with Crippen LogP contribution in [-0.2, 0) is 19.1 Å². The molecule has 0 radical (unpaired) electrons. The highest BCUT2D eigenvalue weighted by Gasteiger charge is 2.57. The highest BCUT2D eigenvalue weighted by atomic mass is 19.4. The molecule has 0 saturated carbocycles. The minimum absolute atomic E-state index is 0.0267. The minimum Gasteiger partial charge on any atom is -0.486 e. The summed E-state index contributed by atoms with van der Waals surface area (Å²) in [5, 5.41) is 7.09. The molecule has 1 aliphatic heterocycles. The normalized spacial score (nSPS) is 19.2. The number of hydrogen-bond acceptors (Lipinski definition) is 6. The van der Waals surface area contributed by atoms with Gasteiger partial charge >= 0.3 is 12.1 Å². The van der Waals surface area contributed by atoms with Crippen molar-refractivity contribution in [2.45, 2.75) is 44.2 Å². The van der Waals surface area contributed by atoms with Crippen molar-refractivity contribution >= 4 is 23.8 Å². The Balaban J connectivity index is 0.000000320. The summed E-state index contributed by atoms with van der Waals surface area (Å²) in [4.78, 5) is 32.8. The van der Waals surface area contributed by atoms with Gasteiger partial charge in [-0.05, 0) is 38.6 Å². The van der Waals surface area contributed by atoms with Crippen molar-refractivity contribution in [3.05, 3.63) is 23.8 Å². The molecular weight excluding hydrogens is 445 g/mol. The third kappa shape index (κ3) is 7.12. The summed E-state index contributed by atoms with van der Waals surface area (Å²) in [5.41, 5.74) is 1.84. The monoisotopic (exact) mass is 469 g/mol. The van der Waals surface area contributed by atoms with Crippen LogP contribution in [0.15, 0.2) is 18.2 Å². The van der Waals surface area contributed by atoms with Gasteiger partial charge in [-0.2, -0.15) is 22.0 Å². The number of ether oxygens (including phenoxy) is 2. The largest absolute Gasteiger partial charge is 0.486 e. The highest BCUT2D eigenvalue weighted by molar-refractivity contribution is 5.97. The van der Waals surface area contributed by atoms with Gasteiger partial charge in [0, 0.05) is 7.11 Å². The molecule has 0 aliphatic carbocycles. The van der Waals surface area contributed by atoms with E-state index in [4.69, 9.17) is 4.74 Å². The van der Waals surface area contributed by atoms with E-state index in [9.17, 15) is 36.3 Å². The van der Waals surface area contributed by atoms with Crippen molar-refractivity contribution in [3.8, 4) is 5.75 Å². The average Bonchev–Trinajstić information content (AvgIpc) is 2.81. The molecule has 1 aromatic rings. The second-order valence-electron chi connectivity index (χ2n) is 6.79. The zero-order valence-electron chi connectivity index (χ0n) is 17.7. The van der Waals surface area contributed by atoms with Crippen molar-refractivity contribution in [3.63, 3.8) is 0 Å². The number of hydrogen-bond donors (Lipinski definition) is 3. The number of likely N-dealkylation sites (N-methyl/N-ethyl adjacent to an activating group) is 1. The Hall–Kier alpha value is -2.80. The van der Waals surface area contributed by atoms with Gasteiger partial charge < -0.3 is 25.4 Å². The number of alkyl halides is 5. The zero-order chi connectivity index (χ0) is 24.7. The maximum atomic E-state index is 12.3. The van der Waals surface area contributed by atoms with Crippen molar-refractivity contribution in [1.82, 2.24) is 10.6 Å². The first-order valence-electron chi connectivity index (χ1n) is 9.23. The molecule has 180 valence electrons. The number of fused-ring (bicyclic) bond motifs is 1. The first-order valence-corrected chi connectivity index (χ1v) is 9.23. The molecule has 0 saturated heterocycles. The van der Waals surface area contributed by atoms with Gasteiger partial charge in [0.05, 0.1) is 12.2 Å². The van der Waals surface area contributed by atoms with Gasteiger partial charge in [-0.15, -0.1) is 0 Å². The van der Waals surface area contributed by atoms with Gasteiger partial charge in [0.1, 0.15) is 17.9 Å². The van der Waals surface area contributed by atoms with Crippen LogP contribution < -0.4 is 20.7 Å². The second-order valence-corrected chi connectivity index (χ2v) is 6.79. The molecule has 2 amide bonds. The van der Waals surface area contributed by atoms with E-state index in [2.05, 4.69) is 15.4 Å². The van der Waals surface area contributed by atoms with E-state index in [1.54, 1.807) is 7.05 Å². The lowest BCUT2D eigenvalue weighted by molar-refractivity contribution is -0.278. The Kier molecular flexibility index (Phi) is 9.51. The molecule has 32 heavy (non-hydrogen) atoms. The fourth-order valence-electron chi connectivity index (χ4n) is 2.53. The molecule has 13 heteroatoms. The topological polar surface area (TPSA) is 106 Å². The Bertz CT molecular complexity index is 819. The molecule has 3 N–H and O–H groups in total. The van der Waals surface area contributed by atoms with Crippen molar-refractivity contribution in [2.24, 2.45) is 0 Å². The first-order chi connectivity index (χ1) is 14.8. The van der Waals surface area contributed by atoms with Gasteiger partial charge in [-0.3, -0.25) is 14.4 Å². The molecule has 3 atom stereocenters. The lowest BCUT2D eigenvalue weighted by Gasteiger charge is -2.20. The van der Waals surface area contributed by atoms with Crippen molar-refractivity contribution < 1.29 is 45.8 Å². The molecule has 0 bridgehead atoms. The molecule has 0 aromatic heterocycles. The van der Waals surface area contributed by atoms with E-state index in [1.165, 1.54) is 5.32 Å². The molecule has 8 nitrogen and oxygen atoms in total. The lowest BCUT2D eigenvalue weighted by atomic mass is 10.2. The minimum atomic E-state index is -5.76. The summed E-state index contributed by atoms with van der Waals surface area (Å²) in [6.07, 6.45) is -7.68. The number of halogens is 5. The predicted molar refractivity (Wildman–Crippen MR) is 104 cm³/mol. The summed E-state index contributed by atoms with van der Waals surface area (Å²) < 4.78 is 69.5. The summed E-state index contributed by atoms with van der Waals surface area (Å²) in [5.74, 6) is -5.74. The molecule has 1 aliphatic rings. The summed E-state index contributed by atoms with van der Waals surface area (Å²) in [7, 11) is 2.69. The van der Waals surface area contributed by atoms with E-state index >= 15 is 0 Å². The zero-order valence-corrected chi connectivity index (χ0v) is 17.7. The Morgan fingerprint density at radius 2 is 1.94 bits per heavy atom. The van der Waals surface area contributed by atoms with E-state index in [-0.39, 0.29) is 24.3 Å². The van der Waals surface area contributed by atoms with Crippen LogP contribution in [-0.4, -0.2) is 69.2 Å². The molecule has 1 aromatic carbocycles. The number of methoxy groups -OCH3 is 1. The second kappa shape index (κ2) is 11.2.